The average Bonchev–Trinajstić information content (AvgIpc) is 2.22. The molecule has 1 aromatic carbocycles. The first-order valence-corrected chi connectivity index (χ1v) is 5.53. The third-order valence-electron chi connectivity index (χ3n) is 2.33. The molecule has 1 atom stereocenters. The van der Waals surface area contributed by atoms with Crippen LogP contribution >= 0.6 is 0 Å². The molecule has 18 heavy (non-hydrogen) atoms. The van der Waals surface area contributed by atoms with Crippen LogP contribution < -0.4 is 10.5 Å². The number of ether oxygens (including phenoxy) is 1. The summed E-state index contributed by atoms with van der Waals surface area (Å²) in [7, 11) is 0. The van der Waals surface area contributed by atoms with E-state index in [-0.39, 0.29) is 12.0 Å². The van der Waals surface area contributed by atoms with Gasteiger partial charge in [-0.2, -0.15) is 0 Å². The van der Waals surface area contributed by atoms with Gasteiger partial charge in [-0.15, -0.1) is 13.2 Å². The monoisotopic (exact) mass is 265 g/mol. The van der Waals surface area contributed by atoms with Gasteiger partial charge in [-0.3, -0.25) is 0 Å². The van der Waals surface area contributed by atoms with Gasteiger partial charge in [0.05, 0.1) is 0 Å². The van der Waals surface area contributed by atoms with Crippen LogP contribution in [0.4, 0.5) is 17.6 Å². The molecular formula is C12H15F4NO. The van der Waals surface area contributed by atoms with E-state index in [2.05, 4.69) is 4.74 Å². The predicted molar refractivity (Wildman–Crippen MR) is 60.0 cm³/mol. The topological polar surface area (TPSA) is 35.2 Å². The molecule has 1 aromatic rings. The van der Waals surface area contributed by atoms with Gasteiger partial charge in [-0.05, 0) is 49.6 Å². The molecule has 0 unspecified atom stereocenters. The number of alkyl halides is 4. The summed E-state index contributed by atoms with van der Waals surface area (Å²) in [4.78, 5) is 0. The van der Waals surface area contributed by atoms with Crippen molar-refractivity contribution in [2.75, 3.05) is 6.54 Å². The van der Waals surface area contributed by atoms with Gasteiger partial charge < -0.3 is 10.5 Å². The van der Waals surface area contributed by atoms with Crippen molar-refractivity contribution >= 4 is 0 Å². The van der Waals surface area contributed by atoms with E-state index in [9.17, 15) is 17.6 Å². The summed E-state index contributed by atoms with van der Waals surface area (Å²) < 4.78 is 53.7. The van der Waals surface area contributed by atoms with Crippen LogP contribution in [0.15, 0.2) is 18.2 Å². The molecule has 0 aliphatic carbocycles. The molecular weight excluding hydrogens is 250 g/mol. The summed E-state index contributed by atoms with van der Waals surface area (Å²) in [5.41, 5.74) is 5.96. The number of benzene rings is 1. The minimum atomic E-state index is -4.77. The molecule has 0 heterocycles. The molecule has 0 aromatic heterocycles. The van der Waals surface area contributed by atoms with Crippen LogP contribution in [-0.4, -0.2) is 12.9 Å². The van der Waals surface area contributed by atoms with Crippen LogP contribution in [0, 0.1) is 6.92 Å². The number of halogens is 4. The van der Waals surface area contributed by atoms with E-state index >= 15 is 0 Å². The van der Waals surface area contributed by atoms with Gasteiger partial charge in [-0.1, -0.05) is 6.07 Å². The van der Waals surface area contributed by atoms with E-state index in [0.29, 0.717) is 18.5 Å². The van der Waals surface area contributed by atoms with Gasteiger partial charge in [0.1, 0.15) is 11.9 Å². The molecule has 0 saturated carbocycles. The highest BCUT2D eigenvalue weighted by molar-refractivity contribution is 5.35. The van der Waals surface area contributed by atoms with Crippen molar-refractivity contribution in [1.29, 1.82) is 0 Å². The zero-order valence-electron chi connectivity index (χ0n) is 9.93. The summed E-state index contributed by atoms with van der Waals surface area (Å²) in [5, 5.41) is 0. The van der Waals surface area contributed by atoms with Crippen LogP contribution in [0.1, 0.15) is 30.1 Å². The van der Waals surface area contributed by atoms with Crippen molar-refractivity contribution < 1.29 is 22.3 Å². The van der Waals surface area contributed by atoms with Crippen LogP contribution in [0.3, 0.4) is 0 Å². The smallest absolute Gasteiger partial charge is 0.406 e. The molecule has 102 valence electrons. The maximum atomic E-state index is 13.7. The van der Waals surface area contributed by atoms with Gasteiger partial charge in [0.25, 0.3) is 0 Å². The first kappa shape index (κ1) is 14.8. The first-order valence-electron chi connectivity index (χ1n) is 5.53. The van der Waals surface area contributed by atoms with Gasteiger partial charge in [0.15, 0.2) is 0 Å². The third-order valence-corrected chi connectivity index (χ3v) is 2.33. The first-order chi connectivity index (χ1) is 8.31. The molecule has 6 heteroatoms. The summed E-state index contributed by atoms with van der Waals surface area (Å²) in [6.07, 6.45) is -5.44. The van der Waals surface area contributed by atoms with Gasteiger partial charge in [0, 0.05) is 0 Å². The average molecular weight is 265 g/mol. The van der Waals surface area contributed by atoms with Crippen molar-refractivity contribution in [2.24, 2.45) is 5.73 Å². The van der Waals surface area contributed by atoms with Gasteiger partial charge in [-0.25, -0.2) is 4.39 Å². The maximum absolute atomic E-state index is 13.7. The molecule has 0 aliphatic rings. The summed E-state index contributed by atoms with van der Waals surface area (Å²) >= 11 is 0. The summed E-state index contributed by atoms with van der Waals surface area (Å²) in [5.74, 6) is -0.395. The third kappa shape index (κ3) is 4.91. The molecule has 2 nitrogen and oxygen atoms in total. The quantitative estimate of drug-likeness (QED) is 0.825. The molecule has 0 bridgehead atoms. The highest BCUT2D eigenvalue weighted by Crippen LogP contribution is 2.30. The van der Waals surface area contributed by atoms with Crippen molar-refractivity contribution in [3.8, 4) is 5.75 Å². The van der Waals surface area contributed by atoms with E-state index in [1.165, 1.54) is 12.1 Å². The van der Waals surface area contributed by atoms with Gasteiger partial charge in [0.2, 0.25) is 0 Å². The standard InChI is InChI=1S/C12H15F4NO/c1-8-5-9(11(13)3-2-4-17)7-10(6-8)18-12(14,15)16/h5-7,11H,2-4,17H2,1H3/t11-/m0/s1. The Balaban J connectivity index is 2.86. The van der Waals surface area contributed by atoms with E-state index in [1.807, 2.05) is 0 Å². The van der Waals surface area contributed by atoms with Gasteiger partial charge >= 0.3 is 6.36 Å². The van der Waals surface area contributed by atoms with E-state index in [1.54, 1.807) is 6.92 Å². The second-order valence-electron chi connectivity index (χ2n) is 4.03. The zero-order valence-corrected chi connectivity index (χ0v) is 9.93. The van der Waals surface area contributed by atoms with Crippen LogP contribution in [0.2, 0.25) is 0 Å². The summed E-state index contributed by atoms with van der Waals surface area (Å²) in [6, 6.07) is 3.79. The number of nitrogens with two attached hydrogens (primary N) is 1. The minimum Gasteiger partial charge on any atom is -0.406 e. The number of hydrogen-bond acceptors (Lipinski definition) is 2. The fourth-order valence-corrected chi connectivity index (χ4v) is 1.61. The van der Waals surface area contributed by atoms with Crippen LogP contribution in [-0.2, 0) is 0 Å². The predicted octanol–water partition coefficient (Wildman–Crippen LogP) is 3.64. The molecule has 0 saturated heterocycles. The van der Waals surface area contributed by atoms with Crippen molar-refractivity contribution in [2.45, 2.75) is 32.3 Å². The van der Waals surface area contributed by atoms with Crippen LogP contribution in [0.5, 0.6) is 5.75 Å². The lowest BCUT2D eigenvalue weighted by molar-refractivity contribution is -0.274. The Morgan fingerprint density at radius 1 is 1.28 bits per heavy atom. The lowest BCUT2D eigenvalue weighted by Crippen LogP contribution is -2.17. The van der Waals surface area contributed by atoms with E-state index in [4.69, 9.17) is 5.73 Å². The highest BCUT2D eigenvalue weighted by Gasteiger charge is 2.31. The minimum absolute atomic E-state index is 0.183. The van der Waals surface area contributed by atoms with Crippen molar-refractivity contribution in [3.63, 3.8) is 0 Å². The SMILES string of the molecule is Cc1cc(OC(F)(F)F)cc([C@@H](F)CCCN)c1. The fourth-order valence-electron chi connectivity index (χ4n) is 1.61. The van der Waals surface area contributed by atoms with E-state index < -0.39 is 18.3 Å². The number of rotatable bonds is 5. The molecule has 0 fully saturated rings. The zero-order chi connectivity index (χ0) is 13.8. The normalized spacial score (nSPS) is 13.4. The Hall–Kier alpha value is -1.30. The number of aryl methyl sites for hydroxylation is 1. The van der Waals surface area contributed by atoms with Crippen molar-refractivity contribution in [1.82, 2.24) is 0 Å². The molecule has 0 aliphatic heterocycles. The lowest BCUT2D eigenvalue weighted by Gasteiger charge is -2.13. The van der Waals surface area contributed by atoms with Crippen molar-refractivity contribution in [3.05, 3.63) is 29.3 Å². The maximum Gasteiger partial charge on any atom is 0.573 e. The molecule has 2 N–H and O–H groups in total. The molecule has 1 rings (SSSR count). The Morgan fingerprint density at radius 2 is 1.94 bits per heavy atom. The molecule has 0 spiro atoms. The second kappa shape index (κ2) is 6.04. The largest absolute Gasteiger partial charge is 0.573 e. The summed E-state index contributed by atoms with van der Waals surface area (Å²) in [6.45, 7) is 1.93. The highest BCUT2D eigenvalue weighted by atomic mass is 19.4. The van der Waals surface area contributed by atoms with E-state index in [0.717, 1.165) is 6.07 Å². The Labute approximate surface area is 103 Å². The Morgan fingerprint density at radius 3 is 2.50 bits per heavy atom. The Kier molecular flexibility index (Phi) is 4.95. The Bertz CT molecular complexity index is 392. The molecule has 0 amide bonds. The fraction of sp³-hybridized carbons (Fsp3) is 0.500. The lowest BCUT2D eigenvalue weighted by atomic mass is 10.0. The second-order valence-corrected chi connectivity index (χ2v) is 4.03. The van der Waals surface area contributed by atoms with Crippen LogP contribution in [0.25, 0.3) is 0 Å². The molecule has 0 radical (unpaired) electrons. The number of hydrogen-bond donors (Lipinski definition) is 1.